The number of aliphatic hydroxyl groups is 1. The van der Waals surface area contributed by atoms with E-state index in [1.807, 2.05) is 60.7 Å². The van der Waals surface area contributed by atoms with E-state index >= 15 is 0 Å². The topological polar surface area (TPSA) is 92.6 Å². The zero-order chi connectivity index (χ0) is 28.3. The van der Waals surface area contributed by atoms with Crippen LogP contribution in [0.4, 0.5) is 5.69 Å². The lowest BCUT2D eigenvalue weighted by atomic mass is 9.98. The fraction of sp³-hybridized carbons (Fsp3) is 0.0909. The average molecular weight is 560 g/mol. The first-order chi connectivity index (χ1) is 20.0. The normalized spacial score (nSPS) is 14.9. The van der Waals surface area contributed by atoms with Gasteiger partial charge in [0.05, 0.1) is 21.8 Å². The molecular formula is C33H25N3O4S. The van der Waals surface area contributed by atoms with Crippen LogP contribution in [-0.2, 0) is 11.4 Å². The molecule has 6 rings (SSSR count). The number of rotatable bonds is 8. The van der Waals surface area contributed by atoms with Crippen molar-refractivity contribution in [2.45, 2.75) is 19.6 Å². The summed E-state index contributed by atoms with van der Waals surface area (Å²) in [5.74, 6) is -1.09. The van der Waals surface area contributed by atoms with Gasteiger partial charge in [0.25, 0.3) is 5.91 Å². The van der Waals surface area contributed by atoms with Gasteiger partial charge in [-0.3, -0.25) is 19.5 Å². The van der Waals surface area contributed by atoms with Gasteiger partial charge in [-0.2, -0.15) is 0 Å². The highest BCUT2D eigenvalue weighted by atomic mass is 32.1. The average Bonchev–Trinajstić information content (AvgIpc) is 3.54. The summed E-state index contributed by atoms with van der Waals surface area (Å²) < 4.78 is 5.90. The predicted molar refractivity (Wildman–Crippen MR) is 158 cm³/mol. The molecule has 8 heteroatoms. The summed E-state index contributed by atoms with van der Waals surface area (Å²) >= 11 is 1.24. The largest absolute Gasteiger partial charge is 0.503 e. The molecule has 3 aromatic carbocycles. The van der Waals surface area contributed by atoms with Crippen molar-refractivity contribution in [3.63, 3.8) is 0 Å². The molecule has 0 spiro atoms. The molecule has 5 aromatic rings. The van der Waals surface area contributed by atoms with E-state index in [1.54, 1.807) is 55.6 Å². The number of thiazole rings is 1. The van der Waals surface area contributed by atoms with Gasteiger partial charge < -0.3 is 9.84 Å². The molecule has 1 unspecified atom stereocenters. The quantitative estimate of drug-likeness (QED) is 0.209. The van der Waals surface area contributed by atoms with Crippen LogP contribution in [-0.4, -0.2) is 26.8 Å². The van der Waals surface area contributed by atoms with E-state index in [-0.39, 0.29) is 5.57 Å². The lowest BCUT2D eigenvalue weighted by Gasteiger charge is -2.26. The first-order valence-electron chi connectivity index (χ1n) is 13.0. The van der Waals surface area contributed by atoms with Gasteiger partial charge in [-0.1, -0.05) is 66.7 Å². The van der Waals surface area contributed by atoms with Crippen molar-refractivity contribution < 1.29 is 19.4 Å². The molecule has 1 amide bonds. The van der Waals surface area contributed by atoms with Crippen LogP contribution < -0.4 is 9.64 Å². The number of aryl methyl sites for hydroxylation is 1. The van der Waals surface area contributed by atoms with E-state index in [1.165, 1.54) is 16.2 Å². The third-order valence-electron chi connectivity index (χ3n) is 6.81. The van der Waals surface area contributed by atoms with Crippen molar-refractivity contribution >= 4 is 28.7 Å². The molecule has 0 aliphatic carbocycles. The number of anilines is 1. The van der Waals surface area contributed by atoms with E-state index in [9.17, 15) is 14.7 Å². The Hall–Kier alpha value is -5.08. The molecule has 0 saturated carbocycles. The number of carbonyl (C=O) groups is 2. The lowest BCUT2D eigenvalue weighted by Crippen LogP contribution is -2.31. The number of hydrogen-bond acceptors (Lipinski definition) is 7. The number of carbonyl (C=O) groups excluding carboxylic acids is 2. The van der Waals surface area contributed by atoms with Gasteiger partial charge in [0.1, 0.15) is 23.4 Å². The fourth-order valence-electron chi connectivity index (χ4n) is 4.80. The minimum atomic E-state index is -0.922. The standard InChI is InChI=1S/C33H25N3O4S/c1-21-31(41-32(35-21)23-12-6-3-7-13-23)29(37)27-28(26-14-8-9-19-34-26)36(33(39)30(27)38)24-15-17-25(18-16-24)40-20-22-10-4-2-5-11-22/h2-19,28,38H,20H2,1H3. The van der Waals surface area contributed by atoms with Crippen molar-refractivity contribution in [3.8, 4) is 16.3 Å². The van der Waals surface area contributed by atoms with Crippen LogP contribution in [0.3, 0.4) is 0 Å². The zero-order valence-electron chi connectivity index (χ0n) is 22.1. The fourth-order valence-corrected chi connectivity index (χ4v) is 5.82. The molecule has 1 aliphatic rings. The van der Waals surface area contributed by atoms with Crippen molar-refractivity contribution in [3.05, 3.63) is 142 Å². The molecule has 202 valence electrons. The summed E-state index contributed by atoms with van der Waals surface area (Å²) in [6.45, 7) is 2.16. The molecular weight excluding hydrogens is 534 g/mol. The Morgan fingerprint density at radius 1 is 0.927 bits per heavy atom. The third-order valence-corrected chi connectivity index (χ3v) is 8.01. The molecule has 0 radical (unpaired) electrons. The molecule has 7 nitrogen and oxygen atoms in total. The Labute approximate surface area is 241 Å². The molecule has 41 heavy (non-hydrogen) atoms. The summed E-state index contributed by atoms with van der Waals surface area (Å²) in [4.78, 5) is 38.4. The van der Waals surface area contributed by atoms with Gasteiger partial charge in [0.2, 0.25) is 5.78 Å². The highest BCUT2D eigenvalue weighted by Crippen LogP contribution is 2.43. The summed E-state index contributed by atoms with van der Waals surface area (Å²) in [5, 5.41) is 11.8. The van der Waals surface area contributed by atoms with Crippen molar-refractivity contribution in [1.29, 1.82) is 0 Å². The van der Waals surface area contributed by atoms with Crippen LogP contribution in [0.1, 0.15) is 32.7 Å². The second kappa shape index (κ2) is 11.2. The zero-order valence-corrected chi connectivity index (χ0v) is 22.9. The van der Waals surface area contributed by atoms with Crippen LogP contribution in [0.5, 0.6) is 5.75 Å². The maximum Gasteiger partial charge on any atom is 0.294 e. The number of aliphatic hydroxyl groups excluding tert-OH is 1. The van der Waals surface area contributed by atoms with E-state index in [0.29, 0.717) is 39.3 Å². The van der Waals surface area contributed by atoms with E-state index in [2.05, 4.69) is 9.97 Å². The summed E-state index contributed by atoms with van der Waals surface area (Å²) in [6, 6.07) is 30.7. The number of ketones is 1. The Morgan fingerprint density at radius 3 is 2.29 bits per heavy atom. The minimum absolute atomic E-state index is 0.0236. The molecule has 1 N–H and O–H groups in total. The van der Waals surface area contributed by atoms with Crippen LogP contribution in [0, 0.1) is 6.92 Å². The van der Waals surface area contributed by atoms with Gasteiger partial charge in [0, 0.05) is 17.4 Å². The highest BCUT2D eigenvalue weighted by molar-refractivity contribution is 7.17. The van der Waals surface area contributed by atoms with Crippen molar-refractivity contribution in [1.82, 2.24) is 9.97 Å². The van der Waals surface area contributed by atoms with E-state index in [0.717, 1.165) is 11.1 Å². The van der Waals surface area contributed by atoms with Crippen LogP contribution in [0.25, 0.3) is 10.6 Å². The number of amides is 1. The molecule has 0 fully saturated rings. The summed E-state index contributed by atoms with van der Waals surface area (Å²) in [5.41, 5.74) is 3.39. The maximum absolute atomic E-state index is 14.0. The van der Waals surface area contributed by atoms with Crippen molar-refractivity contribution in [2.24, 2.45) is 0 Å². The van der Waals surface area contributed by atoms with Gasteiger partial charge in [-0.25, -0.2) is 4.98 Å². The van der Waals surface area contributed by atoms with E-state index in [4.69, 9.17) is 4.74 Å². The SMILES string of the molecule is Cc1nc(-c2ccccc2)sc1C(=O)C1=C(O)C(=O)N(c2ccc(OCc3ccccc3)cc2)C1c1ccccn1. The van der Waals surface area contributed by atoms with Gasteiger partial charge in [-0.15, -0.1) is 11.3 Å². The Morgan fingerprint density at radius 2 is 1.61 bits per heavy atom. The van der Waals surface area contributed by atoms with Gasteiger partial charge >= 0.3 is 0 Å². The number of ether oxygens (including phenoxy) is 1. The molecule has 1 atom stereocenters. The molecule has 1 aliphatic heterocycles. The summed E-state index contributed by atoms with van der Waals surface area (Å²) in [6.07, 6.45) is 1.60. The Kier molecular flexibility index (Phi) is 7.14. The van der Waals surface area contributed by atoms with Crippen molar-refractivity contribution in [2.75, 3.05) is 4.90 Å². The second-order valence-corrected chi connectivity index (χ2v) is 10.5. The van der Waals surface area contributed by atoms with Gasteiger partial charge in [0.15, 0.2) is 5.76 Å². The molecule has 0 bridgehead atoms. The Bertz CT molecular complexity index is 1730. The molecule has 2 aromatic heterocycles. The smallest absolute Gasteiger partial charge is 0.294 e. The first kappa shape index (κ1) is 26.2. The predicted octanol–water partition coefficient (Wildman–Crippen LogP) is 6.88. The first-order valence-corrected chi connectivity index (χ1v) is 13.8. The second-order valence-electron chi connectivity index (χ2n) is 9.49. The maximum atomic E-state index is 14.0. The minimum Gasteiger partial charge on any atom is -0.503 e. The summed E-state index contributed by atoms with van der Waals surface area (Å²) in [7, 11) is 0. The number of hydrogen-bond donors (Lipinski definition) is 1. The van der Waals surface area contributed by atoms with Crippen LogP contribution >= 0.6 is 11.3 Å². The molecule has 0 saturated heterocycles. The number of Topliss-reactive ketones (excluding diaryl/α,β-unsaturated/α-hetero) is 1. The number of nitrogens with zero attached hydrogens (tertiary/aromatic N) is 3. The molecule has 3 heterocycles. The third kappa shape index (κ3) is 5.13. The number of benzene rings is 3. The van der Waals surface area contributed by atoms with Crippen LogP contribution in [0.2, 0.25) is 0 Å². The number of aromatic nitrogens is 2. The number of pyridine rings is 1. The Balaban J connectivity index is 1.34. The highest BCUT2D eigenvalue weighted by Gasteiger charge is 2.46. The van der Waals surface area contributed by atoms with Gasteiger partial charge in [-0.05, 0) is 48.9 Å². The monoisotopic (exact) mass is 559 g/mol. The lowest BCUT2D eigenvalue weighted by molar-refractivity contribution is -0.117. The van der Waals surface area contributed by atoms with Crippen LogP contribution in [0.15, 0.2) is 121 Å². The van der Waals surface area contributed by atoms with E-state index < -0.39 is 23.5 Å².